The van der Waals surface area contributed by atoms with E-state index in [2.05, 4.69) is 38.4 Å². The minimum Gasteiger partial charge on any atom is -0.490 e. The van der Waals surface area contributed by atoms with Gasteiger partial charge in [-0.1, -0.05) is 39.0 Å². The quantitative estimate of drug-likeness (QED) is 0.247. The average molecular weight is 551 g/mol. The van der Waals surface area contributed by atoms with Crippen LogP contribution in [-0.2, 0) is 4.79 Å². The topological polar surface area (TPSA) is 89.0 Å². The number of carbonyl (C=O) groups is 2. The summed E-state index contributed by atoms with van der Waals surface area (Å²) in [6.07, 6.45) is 2.44. The van der Waals surface area contributed by atoms with E-state index in [-0.39, 0.29) is 17.7 Å². The number of hydrogen-bond acceptors (Lipinski definition) is 5. The highest BCUT2D eigenvalue weighted by Crippen LogP contribution is 2.34. The summed E-state index contributed by atoms with van der Waals surface area (Å²) in [6, 6.07) is 11.8. The van der Waals surface area contributed by atoms with Crippen LogP contribution in [-0.4, -0.2) is 37.3 Å². The van der Waals surface area contributed by atoms with Crippen LogP contribution >= 0.6 is 22.6 Å². The van der Waals surface area contributed by atoms with Crippen molar-refractivity contribution in [1.29, 1.82) is 0 Å². The smallest absolute Gasteiger partial charge is 0.262 e. The molecule has 2 amide bonds. The molecule has 0 spiro atoms. The highest BCUT2D eigenvalue weighted by atomic mass is 127. The molecule has 0 aliphatic heterocycles. The van der Waals surface area contributed by atoms with Gasteiger partial charge in [0, 0.05) is 5.56 Å². The maximum Gasteiger partial charge on any atom is 0.262 e. The summed E-state index contributed by atoms with van der Waals surface area (Å²) >= 11 is 2.19. The van der Waals surface area contributed by atoms with Crippen molar-refractivity contribution >= 4 is 40.6 Å². The van der Waals surface area contributed by atoms with E-state index in [1.165, 1.54) is 0 Å². The summed E-state index contributed by atoms with van der Waals surface area (Å²) < 4.78 is 12.4. The molecule has 0 aliphatic carbocycles. The molecule has 2 N–H and O–H groups in total. The van der Waals surface area contributed by atoms with E-state index in [4.69, 9.17) is 9.47 Å². The fourth-order valence-electron chi connectivity index (χ4n) is 2.86. The first-order chi connectivity index (χ1) is 15.4. The van der Waals surface area contributed by atoms with Crippen molar-refractivity contribution in [3.8, 4) is 11.5 Å². The van der Waals surface area contributed by atoms with Gasteiger partial charge >= 0.3 is 0 Å². The van der Waals surface area contributed by atoms with Crippen molar-refractivity contribution in [2.75, 3.05) is 13.2 Å². The zero-order valence-corrected chi connectivity index (χ0v) is 21.0. The predicted octanol–water partition coefficient (Wildman–Crippen LogP) is 4.38. The van der Waals surface area contributed by atoms with E-state index < -0.39 is 6.04 Å². The van der Waals surface area contributed by atoms with Gasteiger partial charge in [0.15, 0.2) is 11.5 Å². The van der Waals surface area contributed by atoms with Gasteiger partial charge in [0.1, 0.15) is 6.04 Å². The summed E-state index contributed by atoms with van der Waals surface area (Å²) in [5, 5.41) is 6.86. The van der Waals surface area contributed by atoms with E-state index in [1.54, 1.807) is 30.5 Å². The third-order valence-corrected chi connectivity index (χ3v) is 5.24. The molecule has 0 saturated heterocycles. The monoisotopic (exact) mass is 551 g/mol. The van der Waals surface area contributed by atoms with Crippen molar-refractivity contribution in [2.24, 2.45) is 11.0 Å². The second-order valence-corrected chi connectivity index (χ2v) is 8.57. The predicted molar refractivity (Wildman–Crippen MR) is 134 cm³/mol. The zero-order chi connectivity index (χ0) is 23.5. The minimum atomic E-state index is -0.719. The Morgan fingerprint density at radius 3 is 2.47 bits per heavy atom. The fourth-order valence-corrected chi connectivity index (χ4v) is 3.64. The molecule has 0 aromatic heterocycles. The van der Waals surface area contributed by atoms with Gasteiger partial charge in [-0.25, -0.2) is 5.43 Å². The van der Waals surface area contributed by atoms with Crippen molar-refractivity contribution < 1.29 is 19.1 Å². The lowest BCUT2D eigenvalue weighted by Gasteiger charge is -2.20. The molecule has 7 nitrogen and oxygen atoms in total. The molecule has 0 aliphatic rings. The number of ether oxygens (including phenoxy) is 2. The van der Waals surface area contributed by atoms with Gasteiger partial charge in [-0.2, -0.15) is 5.10 Å². The van der Waals surface area contributed by atoms with Crippen LogP contribution in [0.25, 0.3) is 0 Å². The van der Waals surface area contributed by atoms with Gasteiger partial charge in [-0.15, -0.1) is 0 Å². The lowest BCUT2D eigenvalue weighted by atomic mass is 10.0. The molecule has 2 aromatic carbocycles. The summed E-state index contributed by atoms with van der Waals surface area (Å²) in [7, 11) is 0. The number of carbonyl (C=O) groups excluding carboxylic acids is 2. The molecule has 0 bridgehead atoms. The standard InChI is InChI=1S/C24H30IN3O4/c1-5-12-32-22-19(25)13-17(14-20(22)31-6-2)15-26-28-24(30)21(16(3)4)27-23(29)18-10-8-7-9-11-18/h7-11,13-16,21H,5-6,12H2,1-4H3,(H,27,29)(H,28,30)/b26-15+. The lowest BCUT2D eigenvalue weighted by Crippen LogP contribution is -2.48. The van der Waals surface area contributed by atoms with Crippen LogP contribution in [0.1, 0.15) is 50.0 Å². The van der Waals surface area contributed by atoms with Crippen molar-refractivity contribution in [3.05, 3.63) is 57.2 Å². The Hall–Kier alpha value is -2.62. The minimum absolute atomic E-state index is 0.113. The summed E-state index contributed by atoms with van der Waals surface area (Å²) in [5.41, 5.74) is 3.79. The van der Waals surface area contributed by atoms with Crippen molar-refractivity contribution in [2.45, 2.75) is 40.2 Å². The first kappa shape index (κ1) is 25.6. The fraction of sp³-hybridized carbons (Fsp3) is 0.375. The van der Waals surface area contributed by atoms with E-state index in [9.17, 15) is 9.59 Å². The zero-order valence-electron chi connectivity index (χ0n) is 18.9. The third kappa shape index (κ3) is 7.51. The third-order valence-electron chi connectivity index (χ3n) is 4.44. The number of nitrogens with zero attached hydrogens (tertiary/aromatic N) is 1. The number of hydrogen-bond donors (Lipinski definition) is 2. The Balaban J connectivity index is 2.09. The van der Waals surface area contributed by atoms with Crippen molar-refractivity contribution in [3.63, 3.8) is 0 Å². The summed E-state index contributed by atoms with van der Waals surface area (Å²) in [4.78, 5) is 25.1. The number of rotatable bonds is 11. The van der Waals surface area contributed by atoms with E-state index >= 15 is 0 Å². The highest BCUT2D eigenvalue weighted by Gasteiger charge is 2.24. The number of benzene rings is 2. The molecule has 0 fully saturated rings. The SMILES string of the molecule is CCCOc1c(I)cc(/C=N/NC(=O)C(NC(=O)c2ccccc2)C(C)C)cc1OCC. The Bertz CT molecular complexity index is 932. The Labute approximate surface area is 203 Å². The van der Waals surface area contributed by atoms with E-state index in [0.29, 0.717) is 30.3 Å². The normalized spacial score (nSPS) is 11.9. The summed E-state index contributed by atoms with van der Waals surface area (Å²) in [6.45, 7) is 8.80. The Morgan fingerprint density at radius 2 is 1.84 bits per heavy atom. The Kier molecular flexibility index (Phi) is 10.5. The molecular formula is C24H30IN3O4. The first-order valence-electron chi connectivity index (χ1n) is 10.6. The van der Waals surface area contributed by atoms with Crippen LogP contribution in [0.15, 0.2) is 47.6 Å². The number of hydrazone groups is 1. The van der Waals surface area contributed by atoms with Crippen LogP contribution < -0.4 is 20.2 Å². The Morgan fingerprint density at radius 1 is 1.12 bits per heavy atom. The van der Waals surface area contributed by atoms with Gasteiger partial charge in [0.25, 0.3) is 11.8 Å². The number of amides is 2. The molecule has 2 rings (SSSR count). The number of nitrogens with one attached hydrogen (secondary N) is 2. The molecule has 1 unspecified atom stereocenters. The lowest BCUT2D eigenvalue weighted by molar-refractivity contribution is -0.123. The van der Waals surface area contributed by atoms with Crippen LogP contribution in [0.2, 0.25) is 0 Å². The van der Waals surface area contributed by atoms with Crippen LogP contribution in [0.3, 0.4) is 0 Å². The molecule has 0 saturated carbocycles. The molecule has 8 heteroatoms. The molecule has 1 atom stereocenters. The highest BCUT2D eigenvalue weighted by molar-refractivity contribution is 14.1. The van der Waals surface area contributed by atoms with Gasteiger partial charge < -0.3 is 14.8 Å². The second-order valence-electron chi connectivity index (χ2n) is 7.41. The van der Waals surface area contributed by atoms with Gasteiger partial charge in [-0.05, 0) is 71.7 Å². The second kappa shape index (κ2) is 13.0. The number of halogens is 1. The van der Waals surface area contributed by atoms with Gasteiger partial charge in [0.05, 0.1) is 23.0 Å². The largest absolute Gasteiger partial charge is 0.490 e. The molecular weight excluding hydrogens is 521 g/mol. The van der Waals surface area contributed by atoms with Gasteiger partial charge in [-0.3, -0.25) is 9.59 Å². The van der Waals surface area contributed by atoms with E-state index in [1.807, 2.05) is 45.9 Å². The maximum atomic E-state index is 12.7. The average Bonchev–Trinajstić information content (AvgIpc) is 2.77. The van der Waals surface area contributed by atoms with Crippen LogP contribution in [0.5, 0.6) is 11.5 Å². The van der Waals surface area contributed by atoms with Crippen LogP contribution in [0.4, 0.5) is 0 Å². The maximum absolute atomic E-state index is 12.7. The summed E-state index contributed by atoms with van der Waals surface area (Å²) in [5.74, 6) is 0.540. The molecule has 0 radical (unpaired) electrons. The van der Waals surface area contributed by atoms with E-state index in [0.717, 1.165) is 15.6 Å². The molecule has 172 valence electrons. The van der Waals surface area contributed by atoms with Crippen molar-refractivity contribution in [1.82, 2.24) is 10.7 Å². The van der Waals surface area contributed by atoms with Crippen LogP contribution in [0, 0.1) is 9.49 Å². The first-order valence-corrected chi connectivity index (χ1v) is 11.7. The van der Waals surface area contributed by atoms with Gasteiger partial charge in [0.2, 0.25) is 0 Å². The molecule has 0 heterocycles. The molecule has 2 aromatic rings. The molecule has 32 heavy (non-hydrogen) atoms.